The zero-order valence-corrected chi connectivity index (χ0v) is 10.7. The third-order valence-corrected chi connectivity index (χ3v) is 2.73. The van der Waals surface area contributed by atoms with E-state index in [4.69, 9.17) is 26.9 Å². The van der Waals surface area contributed by atoms with E-state index in [1.54, 1.807) is 30.3 Å². The molecule has 92 valence electrons. The maximum absolute atomic E-state index is 8.99. The van der Waals surface area contributed by atoms with E-state index in [1.807, 2.05) is 18.2 Å². The molecule has 0 atom stereocenters. The molecule has 2 aromatic rings. The third-order valence-electron chi connectivity index (χ3n) is 2.50. The number of hydrogen-bond donors (Lipinski definition) is 0. The molecule has 2 aromatic carbocycles. The molecule has 4 heteroatoms. The SMILES string of the molecule is N#CCc1ccc(Oc2cc(Cl)ccc2C#N)cc1. The molecule has 0 unspecified atom stereocenters. The fraction of sp³-hybridized carbons (Fsp3) is 0.0667. The minimum atomic E-state index is 0.362. The van der Waals surface area contributed by atoms with Crippen LogP contribution in [0.3, 0.4) is 0 Å². The average molecular weight is 269 g/mol. The summed E-state index contributed by atoms with van der Waals surface area (Å²) in [6.07, 6.45) is 0.362. The van der Waals surface area contributed by atoms with E-state index in [2.05, 4.69) is 6.07 Å². The number of hydrogen-bond acceptors (Lipinski definition) is 3. The van der Waals surface area contributed by atoms with Gasteiger partial charge >= 0.3 is 0 Å². The summed E-state index contributed by atoms with van der Waals surface area (Å²) >= 11 is 5.88. The summed E-state index contributed by atoms with van der Waals surface area (Å²) in [6, 6.07) is 16.1. The van der Waals surface area contributed by atoms with E-state index in [1.165, 1.54) is 0 Å². The van der Waals surface area contributed by atoms with Crippen molar-refractivity contribution < 1.29 is 4.74 Å². The fourth-order valence-electron chi connectivity index (χ4n) is 1.57. The van der Waals surface area contributed by atoms with Crippen molar-refractivity contribution in [2.45, 2.75) is 6.42 Å². The largest absolute Gasteiger partial charge is 0.456 e. The van der Waals surface area contributed by atoms with Gasteiger partial charge in [-0.05, 0) is 29.8 Å². The van der Waals surface area contributed by atoms with Crippen molar-refractivity contribution in [2.24, 2.45) is 0 Å². The normalized spacial score (nSPS) is 9.42. The third kappa shape index (κ3) is 3.25. The Kier molecular flexibility index (Phi) is 4.03. The highest BCUT2D eigenvalue weighted by molar-refractivity contribution is 6.30. The maximum atomic E-state index is 8.99. The summed E-state index contributed by atoms with van der Waals surface area (Å²) < 4.78 is 5.62. The van der Waals surface area contributed by atoms with Crippen molar-refractivity contribution in [2.75, 3.05) is 0 Å². The van der Waals surface area contributed by atoms with Crippen LogP contribution in [0.25, 0.3) is 0 Å². The quantitative estimate of drug-likeness (QED) is 0.843. The summed E-state index contributed by atoms with van der Waals surface area (Å²) in [5.74, 6) is 1.02. The molecule has 0 heterocycles. The first kappa shape index (κ1) is 13.0. The van der Waals surface area contributed by atoms with Crippen LogP contribution in [0.2, 0.25) is 5.02 Å². The van der Waals surface area contributed by atoms with Gasteiger partial charge in [0.25, 0.3) is 0 Å². The van der Waals surface area contributed by atoms with Gasteiger partial charge in [-0.1, -0.05) is 23.7 Å². The summed E-state index contributed by atoms with van der Waals surface area (Å²) in [5, 5.41) is 18.1. The van der Waals surface area contributed by atoms with E-state index in [0.29, 0.717) is 28.5 Å². The summed E-state index contributed by atoms with van der Waals surface area (Å²) in [6.45, 7) is 0. The zero-order valence-electron chi connectivity index (χ0n) is 9.93. The topological polar surface area (TPSA) is 56.8 Å². The average Bonchev–Trinajstić information content (AvgIpc) is 2.42. The van der Waals surface area contributed by atoms with Gasteiger partial charge in [-0.15, -0.1) is 0 Å². The zero-order chi connectivity index (χ0) is 13.7. The Balaban J connectivity index is 2.24. The minimum absolute atomic E-state index is 0.362. The number of nitrogens with zero attached hydrogens (tertiary/aromatic N) is 2. The Morgan fingerprint density at radius 3 is 2.42 bits per heavy atom. The molecule has 19 heavy (non-hydrogen) atoms. The number of benzene rings is 2. The molecule has 0 aliphatic rings. The molecule has 0 saturated carbocycles. The van der Waals surface area contributed by atoms with Gasteiger partial charge in [0.2, 0.25) is 0 Å². The van der Waals surface area contributed by atoms with Gasteiger partial charge in [0.1, 0.15) is 17.6 Å². The first-order valence-corrected chi connectivity index (χ1v) is 5.94. The monoisotopic (exact) mass is 268 g/mol. The molecule has 3 nitrogen and oxygen atoms in total. The predicted molar refractivity (Wildman–Crippen MR) is 72.0 cm³/mol. The van der Waals surface area contributed by atoms with Gasteiger partial charge < -0.3 is 4.74 Å². The van der Waals surface area contributed by atoms with Crippen LogP contribution in [0.4, 0.5) is 0 Å². The second-order valence-electron chi connectivity index (χ2n) is 3.83. The van der Waals surface area contributed by atoms with E-state index in [9.17, 15) is 0 Å². The van der Waals surface area contributed by atoms with Gasteiger partial charge in [0.15, 0.2) is 0 Å². The van der Waals surface area contributed by atoms with E-state index >= 15 is 0 Å². The fourth-order valence-corrected chi connectivity index (χ4v) is 1.73. The Hall–Kier alpha value is -2.49. The van der Waals surface area contributed by atoms with Gasteiger partial charge in [0, 0.05) is 11.1 Å². The number of nitriles is 2. The molecular formula is C15H9ClN2O. The van der Waals surface area contributed by atoms with E-state index < -0.39 is 0 Å². The van der Waals surface area contributed by atoms with Crippen LogP contribution >= 0.6 is 11.6 Å². The van der Waals surface area contributed by atoms with Crippen LogP contribution in [0.1, 0.15) is 11.1 Å². The van der Waals surface area contributed by atoms with Crippen LogP contribution in [-0.2, 0) is 6.42 Å². The lowest BCUT2D eigenvalue weighted by Gasteiger charge is -2.08. The summed E-state index contributed by atoms with van der Waals surface area (Å²) in [4.78, 5) is 0. The Labute approximate surface area is 116 Å². The van der Waals surface area contributed by atoms with Crippen molar-refractivity contribution in [3.63, 3.8) is 0 Å². The van der Waals surface area contributed by atoms with Crippen LogP contribution in [0.15, 0.2) is 42.5 Å². The first-order valence-electron chi connectivity index (χ1n) is 5.56. The Morgan fingerprint density at radius 1 is 1.05 bits per heavy atom. The van der Waals surface area contributed by atoms with Crippen molar-refractivity contribution in [3.8, 4) is 23.6 Å². The van der Waals surface area contributed by atoms with Crippen molar-refractivity contribution in [1.82, 2.24) is 0 Å². The molecule has 0 aliphatic carbocycles. The van der Waals surface area contributed by atoms with Crippen LogP contribution < -0.4 is 4.74 Å². The molecule has 0 N–H and O–H groups in total. The summed E-state index contributed by atoms with van der Waals surface area (Å²) in [5.41, 5.74) is 1.34. The molecule has 0 aliphatic heterocycles. The standard InChI is InChI=1S/C15H9ClN2O/c16-13-4-3-12(10-18)15(9-13)19-14-5-1-11(2-6-14)7-8-17/h1-6,9H,7H2. The van der Waals surface area contributed by atoms with Crippen molar-refractivity contribution in [1.29, 1.82) is 10.5 Å². The maximum Gasteiger partial charge on any atom is 0.146 e. The van der Waals surface area contributed by atoms with Crippen LogP contribution in [0, 0.1) is 22.7 Å². The van der Waals surface area contributed by atoms with Gasteiger partial charge in [-0.2, -0.15) is 10.5 Å². The van der Waals surface area contributed by atoms with Crippen LogP contribution in [0.5, 0.6) is 11.5 Å². The Bertz CT molecular complexity index is 666. The lowest BCUT2D eigenvalue weighted by Crippen LogP contribution is -1.89. The van der Waals surface area contributed by atoms with Crippen LogP contribution in [-0.4, -0.2) is 0 Å². The number of ether oxygens (including phenoxy) is 1. The number of rotatable bonds is 3. The van der Waals surface area contributed by atoms with E-state index in [-0.39, 0.29) is 0 Å². The van der Waals surface area contributed by atoms with Crippen molar-refractivity contribution >= 4 is 11.6 Å². The molecule has 0 aromatic heterocycles. The molecule has 0 saturated heterocycles. The molecular weight excluding hydrogens is 260 g/mol. The van der Waals surface area contributed by atoms with Crippen molar-refractivity contribution in [3.05, 3.63) is 58.6 Å². The molecule has 0 spiro atoms. The van der Waals surface area contributed by atoms with Gasteiger partial charge in [-0.25, -0.2) is 0 Å². The van der Waals surface area contributed by atoms with E-state index in [0.717, 1.165) is 5.56 Å². The van der Waals surface area contributed by atoms with Gasteiger partial charge in [0.05, 0.1) is 18.1 Å². The lowest BCUT2D eigenvalue weighted by atomic mass is 10.1. The number of halogens is 1. The molecule has 2 rings (SSSR count). The Morgan fingerprint density at radius 2 is 1.79 bits per heavy atom. The highest BCUT2D eigenvalue weighted by atomic mass is 35.5. The highest BCUT2D eigenvalue weighted by Gasteiger charge is 2.05. The summed E-state index contributed by atoms with van der Waals surface area (Å²) in [7, 11) is 0. The lowest BCUT2D eigenvalue weighted by molar-refractivity contribution is 0.481. The minimum Gasteiger partial charge on any atom is -0.456 e. The second kappa shape index (κ2) is 5.91. The van der Waals surface area contributed by atoms with Gasteiger partial charge in [-0.3, -0.25) is 0 Å². The highest BCUT2D eigenvalue weighted by Crippen LogP contribution is 2.28. The molecule has 0 fully saturated rings. The first-order chi connectivity index (χ1) is 9.22. The molecule has 0 bridgehead atoms. The predicted octanol–water partition coefficient (Wildman–Crippen LogP) is 4.07. The second-order valence-corrected chi connectivity index (χ2v) is 4.27. The molecule has 0 amide bonds. The smallest absolute Gasteiger partial charge is 0.146 e. The molecule has 0 radical (unpaired) electrons.